The number of aldehydes is 1. The summed E-state index contributed by atoms with van der Waals surface area (Å²) in [5, 5.41) is 1.96. The standard InChI is InChI=1S/C18H14N2O2S/c1-11-5-6-13(12(2)8-11)17-14(9-21)20-15(10-23-18(20)19-17)16-4-3-7-22-16/h3-10H,1-2H3. The van der Waals surface area contributed by atoms with Gasteiger partial charge in [0.05, 0.1) is 6.26 Å². The molecule has 0 unspecified atom stereocenters. The summed E-state index contributed by atoms with van der Waals surface area (Å²) in [4.78, 5) is 17.3. The third kappa shape index (κ3) is 2.12. The van der Waals surface area contributed by atoms with Crippen molar-refractivity contribution in [3.8, 4) is 22.7 Å². The van der Waals surface area contributed by atoms with Gasteiger partial charge in [-0.05, 0) is 31.5 Å². The first-order chi connectivity index (χ1) is 11.2. The molecule has 0 atom stereocenters. The largest absolute Gasteiger partial charge is 0.463 e. The van der Waals surface area contributed by atoms with Gasteiger partial charge in [-0.15, -0.1) is 11.3 Å². The van der Waals surface area contributed by atoms with Crippen LogP contribution in [0, 0.1) is 13.8 Å². The number of hydrogen-bond donors (Lipinski definition) is 0. The average Bonchev–Trinajstić information content (AvgIpc) is 3.22. The van der Waals surface area contributed by atoms with Gasteiger partial charge in [-0.2, -0.15) is 0 Å². The second-order valence-electron chi connectivity index (χ2n) is 5.50. The maximum absolute atomic E-state index is 11.8. The lowest BCUT2D eigenvalue weighted by Gasteiger charge is -2.05. The topological polar surface area (TPSA) is 47.5 Å². The fourth-order valence-electron chi connectivity index (χ4n) is 2.86. The average molecular weight is 322 g/mol. The van der Waals surface area contributed by atoms with Gasteiger partial charge in [0.1, 0.15) is 17.1 Å². The molecule has 4 rings (SSSR count). The first-order valence-corrected chi connectivity index (χ1v) is 8.13. The Morgan fingerprint density at radius 2 is 2.13 bits per heavy atom. The second kappa shape index (κ2) is 5.21. The first kappa shape index (κ1) is 14.0. The van der Waals surface area contributed by atoms with Crippen molar-refractivity contribution in [2.24, 2.45) is 0 Å². The van der Waals surface area contributed by atoms with E-state index in [1.54, 1.807) is 6.26 Å². The third-order valence-corrected chi connectivity index (χ3v) is 4.75. The molecule has 3 heterocycles. The number of rotatable bonds is 3. The van der Waals surface area contributed by atoms with E-state index < -0.39 is 0 Å². The van der Waals surface area contributed by atoms with E-state index in [9.17, 15) is 4.79 Å². The van der Waals surface area contributed by atoms with E-state index in [1.165, 1.54) is 16.9 Å². The van der Waals surface area contributed by atoms with Gasteiger partial charge in [0, 0.05) is 10.9 Å². The highest BCUT2D eigenvalue weighted by atomic mass is 32.1. The number of thiazole rings is 1. The summed E-state index contributed by atoms with van der Waals surface area (Å²) in [6, 6.07) is 9.88. The van der Waals surface area contributed by atoms with Crippen LogP contribution >= 0.6 is 11.3 Å². The molecule has 1 aromatic carbocycles. The molecule has 23 heavy (non-hydrogen) atoms. The molecule has 114 valence electrons. The van der Waals surface area contributed by atoms with Crippen molar-refractivity contribution in [2.45, 2.75) is 13.8 Å². The summed E-state index contributed by atoms with van der Waals surface area (Å²) in [5.74, 6) is 0.726. The predicted octanol–water partition coefficient (Wildman–Crippen LogP) is 4.75. The molecule has 4 nitrogen and oxygen atoms in total. The van der Waals surface area contributed by atoms with Gasteiger partial charge in [0.15, 0.2) is 17.0 Å². The number of carbonyl (C=O) groups is 1. The molecular weight excluding hydrogens is 308 g/mol. The summed E-state index contributed by atoms with van der Waals surface area (Å²) in [6.45, 7) is 4.09. The van der Waals surface area contributed by atoms with Gasteiger partial charge in [-0.1, -0.05) is 23.8 Å². The van der Waals surface area contributed by atoms with E-state index in [4.69, 9.17) is 4.42 Å². The number of imidazole rings is 1. The Labute approximate surface area is 137 Å². The maximum Gasteiger partial charge on any atom is 0.195 e. The lowest BCUT2D eigenvalue weighted by Crippen LogP contribution is -1.95. The van der Waals surface area contributed by atoms with Crippen LogP contribution in [0.4, 0.5) is 0 Å². The Kier molecular flexibility index (Phi) is 3.16. The molecule has 0 aliphatic carbocycles. The summed E-state index contributed by atoms with van der Waals surface area (Å²) in [6.07, 6.45) is 2.50. The number of benzene rings is 1. The molecule has 5 heteroatoms. The molecular formula is C18H14N2O2S. The first-order valence-electron chi connectivity index (χ1n) is 7.25. The lowest BCUT2D eigenvalue weighted by atomic mass is 10.0. The van der Waals surface area contributed by atoms with Crippen molar-refractivity contribution >= 4 is 22.6 Å². The molecule has 0 aliphatic heterocycles. The number of hydrogen-bond acceptors (Lipinski definition) is 4. The second-order valence-corrected chi connectivity index (χ2v) is 6.33. The van der Waals surface area contributed by atoms with Crippen LogP contribution < -0.4 is 0 Å². The van der Waals surface area contributed by atoms with Gasteiger partial charge >= 0.3 is 0 Å². The number of fused-ring (bicyclic) bond motifs is 1. The molecule has 0 saturated carbocycles. The van der Waals surface area contributed by atoms with Crippen LogP contribution in [-0.4, -0.2) is 15.7 Å². The molecule has 0 saturated heterocycles. The van der Waals surface area contributed by atoms with E-state index >= 15 is 0 Å². The van der Waals surface area contributed by atoms with Crippen molar-refractivity contribution in [1.82, 2.24) is 9.38 Å². The Morgan fingerprint density at radius 3 is 2.83 bits per heavy atom. The van der Waals surface area contributed by atoms with Crippen LogP contribution in [-0.2, 0) is 0 Å². The molecule has 4 aromatic rings. The summed E-state index contributed by atoms with van der Waals surface area (Å²) >= 11 is 1.50. The van der Waals surface area contributed by atoms with E-state index in [0.717, 1.165) is 39.5 Å². The Hall–Kier alpha value is -2.66. The Morgan fingerprint density at radius 1 is 1.26 bits per heavy atom. The zero-order chi connectivity index (χ0) is 16.0. The third-order valence-electron chi connectivity index (χ3n) is 3.92. The van der Waals surface area contributed by atoms with Crippen molar-refractivity contribution in [2.75, 3.05) is 0 Å². The molecule has 0 fully saturated rings. The fourth-order valence-corrected chi connectivity index (χ4v) is 3.75. The number of furan rings is 1. The minimum atomic E-state index is 0.555. The number of aryl methyl sites for hydroxylation is 2. The molecule has 0 amide bonds. The van der Waals surface area contributed by atoms with Gasteiger partial charge in [-0.25, -0.2) is 4.98 Å². The van der Waals surface area contributed by atoms with Gasteiger partial charge in [0.25, 0.3) is 0 Å². The highest BCUT2D eigenvalue weighted by Gasteiger charge is 2.20. The van der Waals surface area contributed by atoms with E-state index in [1.807, 2.05) is 41.0 Å². The Bertz CT molecular complexity index is 1010. The van der Waals surface area contributed by atoms with Crippen molar-refractivity contribution in [3.63, 3.8) is 0 Å². The minimum absolute atomic E-state index is 0.555. The van der Waals surface area contributed by atoms with Gasteiger partial charge < -0.3 is 4.42 Å². The van der Waals surface area contributed by atoms with Crippen molar-refractivity contribution in [3.05, 3.63) is 58.8 Å². The Balaban J connectivity index is 2.00. The highest BCUT2D eigenvalue weighted by Crippen LogP contribution is 2.33. The zero-order valence-electron chi connectivity index (χ0n) is 12.7. The van der Waals surface area contributed by atoms with E-state index in [2.05, 4.69) is 18.0 Å². The molecule has 0 radical (unpaired) electrons. The monoisotopic (exact) mass is 322 g/mol. The number of carbonyl (C=O) groups excluding carboxylic acids is 1. The van der Waals surface area contributed by atoms with Crippen LogP contribution in [0.2, 0.25) is 0 Å². The van der Waals surface area contributed by atoms with Gasteiger partial charge in [-0.3, -0.25) is 9.20 Å². The van der Waals surface area contributed by atoms with Crippen LogP contribution in [0.5, 0.6) is 0 Å². The van der Waals surface area contributed by atoms with Gasteiger partial charge in [0.2, 0.25) is 0 Å². The molecule has 3 aromatic heterocycles. The van der Waals surface area contributed by atoms with Crippen molar-refractivity contribution < 1.29 is 9.21 Å². The van der Waals surface area contributed by atoms with Crippen LogP contribution in [0.1, 0.15) is 21.6 Å². The lowest BCUT2D eigenvalue weighted by molar-refractivity contribution is 0.111. The normalized spacial score (nSPS) is 11.2. The molecule has 0 N–H and O–H groups in total. The fraction of sp³-hybridized carbons (Fsp3) is 0.111. The maximum atomic E-state index is 11.8. The van der Waals surface area contributed by atoms with Crippen molar-refractivity contribution in [1.29, 1.82) is 0 Å². The van der Waals surface area contributed by atoms with Crippen LogP contribution in [0.3, 0.4) is 0 Å². The SMILES string of the molecule is Cc1ccc(-c2nc3scc(-c4ccco4)n3c2C=O)c(C)c1. The molecule has 0 spiro atoms. The molecule has 0 bridgehead atoms. The quantitative estimate of drug-likeness (QED) is 0.511. The van der Waals surface area contributed by atoms with Crippen LogP contribution in [0.15, 0.2) is 46.4 Å². The summed E-state index contributed by atoms with van der Waals surface area (Å²) in [5.41, 5.74) is 5.41. The van der Waals surface area contributed by atoms with E-state index in [-0.39, 0.29) is 0 Å². The highest BCUT2D eigenvalue weighted by molar-refractivity contribution is 7.15. The smallest absolute Gasteiger partial charge is 0.195 e. The predicted molar refractivity (Wildman–Crippen MR) is 91.1 cm³/mol. The minimum Gasteiger partial charge on any atom is -0.463 e. The zero-order valence-corrected chi connectivity index (χ0v) is 13.6. The van der Waals surface area contributed by atoms with Crippen LogP contribution in [0.25, 0.3) is 27.7 Å². The summed E-state index contributed by atoms with van der Waals surface area (Å²) in [7, 11) is 0. The summed E-state index contributed by atoms with van der Waals surface area (Å²) < 4.78 is 7.35. The number of nitrogens with zero attached hydrogens (tertiary/aromatic N) is 2. The van der Waals surface area contributed by atoms with E-state index in [0.29, 0.717) is 5.69 Å². The molecule has 0 aliphatic rings. The number of aromatic nitrogens is 2.